The van der Waals surface area contributed by atoms with Crippen molar-refractivity contribution in [2.75, 3.05) is 13.1 Å². The molecule has 0 saturated carbocycles. The minimum atomic E-state index is 0.0765. The van der Waals surface area contributed by atoms with Crippen molar-refractivity contribution < 1.29 is 4.79 Å². The number of benzene rings is 1. The summed E-state index contributed by atoms with van der Waals surface area (Å²) in [4.78, 5) is 18.7. The quantitative estimate of drug-likeness (QED) is 0.782. The summed E-state index contributed by atoms with van der Waals surface area (Å²) in [5.41, 5.74) is 0.570. The van der Waals surface area contributed by atoms with E-state index in [1.54, 1.807) is 6.20 Å². The molecule has 0 atom stereocenters. The summed E-state index contributed by atoms with van der Waals surface area (Å²) in [6, 6.07) is 9.92. The van der Waals surface area contributed by atoms with E-state index in [-0.39, 0.29) is 5.91 Å². The van der Waals surface area contributed by atoms with Crippen LogP contribution in [0, 0.1) is 0 Å². The van der Waals surface area contributed by atoms with Crippen LogP contribution in [0.1, 0.15) is 36.2 Å². The Bertz CT molecular complexity index is 586. The molecule has 0 unspecified atom stereocenters. The molecule has 98 valence electrons. The first-order valence-corrected chi connectivity index (χ1v) is 6.99. The Morgan fingerprint density at radius 3 is 2.42 bits per heavy atom. The minimum absolute atomic E-state index is 0.0765. The molecule has 2 heterocycles. The number of rotatable bonds is 1. The molecular formula is C16H18N2O. The zero-order valence-electron chi connectivity index (χ0n) is 11.0. The minimum Gasteiger partial charge on any atom is -0.337 e. The molecule has 1 saturated heterocycles. The average Bonchev–Trinajstić information content (AvgIpc) is 2.75. The molecule has 3 rings (SSSR count). The van der Waals surface area contributed by atoms with Gasteiger partial charge in [-0.15, -0.1) is 0 Å². The lowest BCUT2D eigenvalue weighted by molar-refractivity contribution is 0.0756. The van der Waals surface area contributed by atoms with E-state index >= 15 is 0 Å². The van der Waals surface area contributed by atoms with Crippen LogP contribution in [-0.4, -0.2) is 28.9 Å². The highest BCUT2D eigenvalue weighted by Crippen LogP contribution is 2.16. The van der Waals surface area contributed by atoms with Crippen LogP contribution in [0.5, 0.6) is 0 Å². The molecule has 3 heteroatoms. The van der Waals surface area contributed by atoms with Gasteiger partial charge < -0.3 is 4.90 Å². The van der Waals surface area contributed by atoms with Crippen LogP contribution in [0.15, 0.2) is 36.5 Å². The molecule has 0 aliphatic carbocycles. The zero-order valence-corrected chi connectivity index (χ0v) is 11.0. The van der Waals surface area contributed by atoms with E-state index in [2.05, 4.69) is 4.98 Å². The number of hydrogen-bond acceptors (Lipinski definition) is 2. The summed E-state index contributed by atoms with van der Waals surface area (Å²) < 4.78 is 0. The predicted octanol–water partition coefficient (Wildman–Crippen LogP) is 3.25. The van der Waals surface area contributed by atoms with Gasteiger partial charge >= 0.3 is 0 Å². The van der Waals surface area contributed by atoms with Gasteiger partial charge in [0.1, 0.15) is 5.69 Å². The van der Waals surface area contributed by atoms with E-state index in [1.807, 2.05) is 35.2 Å². The topological polar surface area (TPSA) is 33.2 Å². The van der Waals surface area contributed by atoms with Crippen LogP contribution < -0.4 is 0 Å². The van der Waals surface area contributed by atoms with E-state index in [1.165, 1.54) is 12.8 Å². The van der Waals surface area contributed by atoms with Gasteiger partial charge in [0.2, 0.25) is 0 Å². The number of nitrogens with zero attached hydrogens (tertiary/aromatic N) is 2. The number of amides is 1. The van der Waals surface area contributed by atoms with Crippen molar-refractivity contribution in [2.45, 2.75) is 25.7 Å². The molecule has 3 nitrogen and oxygen atoms in total. The van der Waals surface area contributed by atoms with Crippen molar-refractivity contribution in [3.8, 4) is 0 Å². The summed E-state index contributed by atoms with van der Waals surface area (Å²) in [5.74, 6) is 0.0765. The molecule has 0 N–H and O–H groups in total. The maximum atomic E-state index is 12.5. The lowest BCUT2D eigenvalue weighted by Crippen LogP contribution is -2.32. The van der Waals surface area contributed by atoms with Gasteiger partial charge in [0.15, 0.2) is 0 Å². The fourth-order valence-electron chi connectivity index (χ4n) is 2.64. The summed E-state index contributed by atoms with van der Waals surface area (Å²) >= 11 is 0. The van der Waals surface area contributed by atoms with Crippen LogP contribution in [0.25, 0.3) is 10.8 Å². The van der Waals surface area contributed by atoms with Gasteiger partial charge in [0, 0.05) is 24.7 Å². The fraction of sp³-hybridized carbons (Fsp3) is 0.375. The molecule has 0 bridgehead atoms. The number of likely N-dealkylation sites (tertiary alicyclic amines) is 1. The van der Waals surface area contributed by atoms with Gasteiger partial charge in [-0.25, -0.2) is 0 Å². The SMILES string of the molecule is O=C(c1cc2ccccc2cn1)N1CCCCCC1. The highest BCUT2D eigenvalue weighted by atomic mass is 16.2. The molecular weight excluding hydrogens is 236 g/mol. The van der Waals surface area contributed by atoms with Crippen molar-refractivity contribution in [1.82, 2.24) is 9.88 Å². The Morgan fingerprint density at radius 1 is 1.00 bits per heavy atom. The maximum absolute atomic E-state index is 12.5. The van der Waals surface area contributed by atoms with Gasteiger partial charge in [-0.3, -0.25) is 9.78 Å². The van der Waals surface area contributed by atoms with Crippen LogP contribution in [0.2, 0.25) is 0 Å². The second-order valence-corrected chi connectivity index (χ2v) is 5.12. The highest BCUT2D eigenvalue weighted by Gasteiger charge is 2.18. The van der Waals surface area contributed by atoms with E-state index in [0.717, 1.165) is 36.7 Å². The lowest BCUT2D eigenvalue weighted by Gasteiger charge is -2.19. The molecule has 19 heavy (non-hydrogen) atoms. The number of carbonyl (C=O) groups is 1. The van der Waals surface area contributed by atoms with E-state index < -0.39 is 0 Å². The number of fused-ring (bicyclic) bond motifs is 1. The monoisotopic (exact) mass is 254 g/mol. The molecule has 1 aliphatic rings. The van der Waals surface area contributed by atoms with Crippen LogP contribution in [0.3, 0.4) is 0 Å². The van der Waals surface area contributed by atoms with Crippen molar-refractivity contribution in [2.24, 2.45) is 0 Å². The van der Waals surface area contributed by atoms with E-state index in [0.29, 0.717) is 5.69 Å². The summed E-state index contributed by atoms with van der Waals surface area (Å²) in [6.45, 7) is 1.74. The average molecular weight is 254 g/mol. The van der Waals surface area contributed by atoms with Crippen molar-refractivity contribution in [1.29, 1.82) is 0 Å². The van der Waals surface area contributed by atoms with Crippen LogP contribution in [0.4, 0.5) is 0 Å². The second-order valence-electron chi connectivity index (χ2n) is 5.12. The number of pyridine rings is 1. The fourth-order valence-corrected chi connectivity index (χ4v) is 2.64. The van der Waals surface area contributed by atoms with Crippen LogP contribution >= 0.6 is 0 Å². The number of hydrogen-bond donors (Lipinski definition) is 0. The first-order valence-electron chi connectivity index (χ1n) is 6.99. The van der Waals surface area contributed by atoms with Gasteiger partial charge in [0.05, 0.1) is 0 Å². The van der Waals surface area contributed by atoms with Gasteiger partial charge in [-0.05, 0) is 24.3 Å². The standard InChI is InChI=1S/C16H18N2O/c19-16(18-9-5-1-2-6-10-18)15-11-13-7-3-4-8-14(13)12-17-15/h3-4,7-8,11-12H,1-2,5-6,9-10H2. The Labute approximate surface area is 113 Å². The molecule has 0 radical (unpaired) electrons. The summed E-state index contributed by atoms with van der Waals surface area (Å²) in [5, 5.41) is 2.16. The molecule has 0 spiro atoms. The maximum Gasteiger partial charge on any atom is 0.272 e. The molecule has 1 amide bonds. The van der Waals surface area contributed by atoms with Crippen LogP contribution in [-0.2, 0) is 0 Å². The Kier molecular flexibility index (Phi) is 3.45. The second kappa shape index (κ2) is 5.39. The van der Waals surface area contributed by atoms with Gasteiger partial charge in [-0.1, -0.05) is 37.1 Å². The van der Waals surface area contributed by atoms with Gasteiger partial charge in [0.25, 0.3) is 5.91 Å². The van der Waals surface area contributed by atoms with Crippen molar-refractivity contribution in [3.63, 3.8) is 0 Å². The smallest absolute Gasteiger partial charge is 0.272 e. The molecule has 1 fully saturated rings. The van der Waals surface area contributed by atoms with E-state index in [9.17, 15) is 4.79 Å². The molecule has 1 aliphatic heterocycles. The highest BCUT2D eigenvalue weighted by molar-refractivity contribution is 5.96. The Morgan fingerprint density at radius 2 is 1.68 bits per heavy atom. The third-order valence-electron chi connectivity index (χ3n) is 3.74. The Hall–Kier alpha value is -1.90. The number of aromatic nitrogens is 1. The normalized spacial score (nSPS) is 16.3. The third kappa shape index (κ3) is 2.60. The number of carbonyl (C=O) groups excluding carboxylic acids is 1. The van der Waals surface area contributed by atoms with Crippen molar-refractivity contribution in [3.05, 3.63) is 42.2 Å². The molecule has 2 aromatic rings. The largest absolute Gasteiger partial charge is 0.337 e. The predicted molar refractivity (Wildman–Crippen MR) is 76.1 cm³/mol. The molecule has 1 aromatic heterocycles. The third-order valence-corrected chi connectivity index (χ3v) is 3.74. The van der Waals surface area contributed by atoms with Crippen molar-refractivity contribution >= 4 is 16.7 Å². The zero-order chi connectivity index (χ0) is 13.1. The first-order chi connectivity index (χ1) is 9.34. The van der Waals surface area contributed by atoms with Gasteiger partial charge in [-0.2, -0.15) is 0 Å². The Balaban J connectivity index is 1.88. The summed E-state index contributed by atoms with van der Waals surface area (Å²) in [6.07, 6.45) is 6.48. The first kappa shape index (κ1) is 12.2. The van der Waals surface area contributed by atoms with E-state index in [4.69, 9.17) is 0 Å². The lowest BCUT2D eigenvalue weighted by atomic mass is 10.1. The summed E-state index contributed by atoms with van der Waals surface area (Å²) in [7, 11) is 0. The molecule has 1 aromatic carbocycles.